The van der Waals surface area contributed by atoms with Gasteiger partial charge in [0.25, 0.3) is 0 Å². The van der Waals surface area contributed by atoms with Gasteiger partial charge in [-0.25, -0.2) is 9.97 Å². The van der Waals surface area contributed by atoms with Crippen molar-refractivity contribution in [2.75, 3.05) is 31.2 Å². The van der Waals surface area contributed by atoms with Crippen molar-refractivity contribution in [3.63, 3.8) is 0 Å². The summed E-state index contributed by atoms with van der Waals surface area (Å²) in [6.07, 6.45) is 3.73. The Balaban J connectivity index is 1.47. The fourth-order valence-electron chi connectivity index (χ4n) is 6.10. The highest BCUT2D eigenvalue weighted by atomic mass is 35.5. The molecule has 5 rings (SSSR count). The van der Waals surface area contributed by atoms with Crippen LogP contribution in [-0.4, -0.2) is 63.4 Å². The predicted molar refractivity (Wildman–Crippen MR) is 159 cm³/mol. The Hall–Kier alpha value is -3.19. The van der Waals surface area contributed by atoms with Crippen LogP contribution in [0.1, 0.15) is 55.8 Å². The van der Waals surface area contributed by atoms with Crippen LogP contribution >= 0.6 is 11.6 Å². The molecule has 41 heavy (non-hydrogen) atoms. The van der Waals surface area contributed by atoms with Gasteiger partial charge in [-0.3, -0.25) is 4.68 Å². The first-order valence-electron chi connectivity index (χ1n) is 14.4. The van der Waals surface area contributed by atoms with E-state index in [1.807, 2.05) is 31.6 Å². The third kappa shape index (κ3) is 5.92. The maximum atomic E-state index is 10.2. The summed E-state index contributed by atoms with van der Waals surface area (Å²) in [6.45, 7) is 10.7. The molecule has 1 spiro atoms. The Labute approximate surface area is 247 Å². The summed E-state index contributed by atoms with van der Waals surface area (Å²) in [5, 5.41) is 24.1. The fourth-order valence-corrected chi connectivity index (χ4v) is 6.30. The molecule has 10 heteroatoms. The van der Waals surface area contributed by atoms with E-state index in [0.29, 0.717) is 41.6 Å². The van der Waals surface area contributed by atoms with E-state index < -0.39 is 6.10 Å². The van der Waals surface area contributed by atoms with Crippen molar-refractivity contribution in [3.8, 4) is 34.6 Å². The second-order valence-electron chi connectivity index (χ2n) is 11.6. The number of nitriles is 1. The summed E-state index contributed by atoms with van der Waals surface area (Å²) in [7, 11) is 1.94. The molecular weight excluding hydrogens is 540 g/mol. The average molecular weight is 579 g/mol. The Morgan fingerprint density at radius 1 is 1.20 bits per heavy atom. The maximum absolute atomic E-state index is 10.2. The minimum atomic E-state index is -0.523. The number of nitrogens with zero attached hydrogens (tertiary/aromatic N) is 6. The van der Waals surface area contributed by atoms with Gasteiger partial charge in [0.15, 0.2) is 5.82 Å². The van der Waals surface area contributed by atoms with Crippen molar-refractivity contribution in [3.05, 3.63) is 40.0 Å². The zero-order valence-electron chi connectivity index (χ0n) is 24.6. The second-order valence-corrected chi connectivity index (χ2v) is 12.0. The van der Waals surface area contributed by atoms with E-state index in [0.717, 1.165) is 66.4 Å². The lowest BCUT2D eigenvalue weighted by Gasteiger charge is -2.59. The molecule has 0 radical (unpaired) electrons. The zero-order valence-corrected chi connectivity index (χ0v) is 25.3. The van der Waals surface area contributed by atoms with Gasteiger partial charge in [0.1, 0.15) is 18.2 Å². The number of rotatable bonds is 11. The summed E-state index contributed by atoms with van der Waals surface area (Å²) in [5.74, 6) is 2.03. The highest BCUT2D eigenvalue weighted by Crippen LogP contribution is 2.51. The van der Waals surface area contributed by atoms with Gasteiger partial charge in [-0.15, -0.1) is 0 Å². The van der Waals surface area contributed by atoms with Crippen molar-refractivity contribution in [2.45, 2.75) is 72.0 Å². The molecule has 0 bridgehead atoms. The van der Waals surface area contributed by atoms with Crippen LogP contribution in [0, 0.1) is 37.5 Å². The molecule has 9 nitrogen and oxygen atoms in total. The molecule has 0 unspecified atom stereocenters. The first kappa shape index (κ1) is 29.3. The highest BCUT2D eigenvalue weighted by Gasteiger charge is 2.53. The lowest BCUT2D eigenvalue weighted by atomic mass is 9.61. The summed E-state index contributed by atoms with van der Waals surface area (Å²) in [4.78, 5) is 12.5. The number of halogens is 1. The van der Waals surface area contributed by atoms with Gasteiger partial charge >= 0.3 is 0 Å². The van der Waals surface area contributed by atoms with Crippen molar-refractivity contribution < 1.29 is 14.6 Å². The molecule has 1 atom stereocenters. The number of aromatic nitrogens is 4. The summed E-state index contributed by atoms with van der Waals surface area (Å²) < 4.78 is 13.6. The molecule has 2 fully saturated rings. The van der Waals surface area contributed by atoms with Crippen molar-refractivity contribution in [1.82, 2.24) is 19.7 Å². The SMILES string of the molecule is CCC[C@@H](O)COc1ccc(Cl)c(-c2nc(-c3c(C)c(C)nn3C)c(C)c(N3CC4(CC(OCCC#N)C4)C3)n2)c1. The minimum Gasteiger partial charge on any atom is -0.491 e. The van der Waals surface area contributed by atoms with Gasteiger partial charge < -0.3 is 19.5 Å². The van der Waals surface area contributed by atoms with E-state index >= 15 is 0 Å². The molecular formula is C31H39ClN6O3. The average Bonchev–Trinajstić information content (AvgIpc) is 3.15. The number of benzene rings is 1. The van der Waals surface area contributed by atoms with Gasteiger partial charge in [0, 0.05) is 36.7 Å². The smallest absolute Gasteiger partial charge is 0.163 e. The van der Waals surface area contributed by atoms with Gasteiger partial charge in [-0.2, -0.15) is 10.4 Å². The van der Waals surface area contributed by atoms with Gasteiger partial charge in [-0.1, -0.05) is 24.9 Å². The Morgan fingerprint density at radius 3 is 2.61 bits per heavy atom. The number of anilines is 1. The monoisotopic (exact) mass is 578 g/mol. The third-order valence-electron chi connectivity index (χ3n) is 8.35. The summed E-state index contributed by atoms with van der Waals surface area (Å²) >= 11 is 6.72. The molecule has 1 aromatic carbocycles. The van der Waals surface area contributed by atoms with E-state index in [-0.39, 0.29) is 18.1 Å². The molecule has 1 saturated carbocycles. The lowest BCUT2D eigenvalue weighted by Crippen LogP contribution is -2.64. The first-order chi connectivity index (χ1) is 19.6. The second kappa shape index (κ2) is 12.0. The van der Waals surface area contributed by atoms with Crippen LogP contribution < -0.4 is 9.64 Å². The van der Waals surface area contributed by atoms with Crippen LogP contribution in [0.2, 0.25) is 5.02 Å². The van der Waals surface area contributed by atoms with Crippen molar-refractivity contribution >= 4 is 17.4 Å². The predicted octanol–water partition coefficient (Wildman–Crippen LogP) is 5.56. The normalized spacial score (nSPS) is 16.8. The number of hydrogen-bond donors (Lipinski definition) is 1. The van der Waals surface area contributed by atoms with E-state index in [4.69, 9.17) is 36.3 Å². The summed E-state index contributed by atoms with van der Waals surface area (Å²) in [5.41, 5.74) is 5.75. The number of aryl methyl sites for hydroxylation is 2. The van der Waals surface area contributed by atoms with Crippen LogP contribution in [0.25, 0.3) is 22.8 Å². The van der Waals surface area contributed by atoms with Crippen LogP contribution in [-0.2, 0) is 11.8 Å². The van der Waals surface area contributed by atoms with Crippen LogP contribution in [0.4, 0.5) is 5.82 Å². The molecule has 218 valence electrons. The van der Waals surface area contributed by atoms with E-state index in [1.54, 1.807) is 12.1 Å². The topological polar surface area (TPSA) is 109 Å². The first-order valence-corrected chi connectivity index (χ1v) is 14.8. The molecule has 3 aromatic rings. The van der Waals surface area contributed by atoms with Gasteiger partial charge in [-0.05, 0) is 63.8 Å². The molecule has 2 aliphatic rings. The largest absolute Gasteiger partial charge is 0.491 e. The number of ether oxygens (including phenoxy) is 2. The number of aliphatic hydroxyl groups is 1. The Bertz CT molecular complexity index is 1450. The zero-order chi connectivity index (χ0) is 29.3. The molecule has 3 heterocycles. The van der Waals surface area contributed by atoms with Crippen molar-refractivity contribution in [2.24, 2.45) is 12.5 Å². The van der Waals surface area contributed by atoms with Crippen LogP contribution in [0.3, 0.4) is 0 Å². The van der Waals surface area contributed by atoms with Gasteiger partial charge in [0.2, 0.25) is 0 Å². The number of aliphatic hydroxyl groups excluding tert-OH is 1. The fraction of sp³-hybridized carbons (Fsp3) is 0.548. The van der Waals surface area contributed by atoms with E-state index in [9.17, 15) is 5.11 Å². The Kier molecular flexibility index (Phi) is 8.55. The molecule has 0 amide bonds. The van der Waals surface area contributed by atoms with E-state index in [1.165, 1.54) is 0 Å². The number of hydrogen-bond acceptors (Lipinski definition) is 8. The molecule has 1 aliphatic heterocycles. The van der Waals surface area contributed by atoms with E-state index in [2.05, 4.69) is 29.9 Å². The molecule has 1 saturated heterocycles. The third-order valence-corrected chi connectivity index (χ3v) is 8.68. The minimum absolute atomic E-state index is 0.213. The lowest BCUT2D eigenvalue weighted by molar-refractivity contribution is -0.0914. The Morgan fingerprint density at radius 2 is 1.95 bits per heavy atom. The van der Waals surface area contributed by atoms with Gasteiger partial charge in [0.05, 0.1) is 53.4 Å². The standard InChI is InChI=1S/C31H39ClN6O3/c1-6-8-22(39)16-41-23-9-10-26(32)25(13-23)29-34-27(28-19(2)21(4)36-37(28)5)20(3)30(35-29)38-17-31(18-38)14-24(15-31)40-12-7-11-33/h9-10,13,22,24,39H,6-8,12,14-18H2,1-5H3/t22-/m1/s1. The van der Waals surface area contributed by atoms with Crippen LogP contribution in [0.15, 0.2) is 18.2 Å². The highest BCUT2D eigenvalue weighted by molar-refractivity contribution is 6.33. The molecule has 1 aliphatic carbocycles. The molecule has 2 aromatic heterocycles. The molecule has 1 N–H and O–H groups in total. The quantitative estimate of drug-likeness (QED) is 0.294. The van der Waals surface area contributed by atoms with Crippen molar-refractivity contribution in [1.29, 1.82) is 5.26 Å². The maximum Gasteiger partial charge on any atom is 0.163 e. The van der Waals surface area contributed by atoms with Crippen LogP contribution in [0.5, 0.6) is 5.75 Å². The summed E-state index contributed by atoms with van der Waals surface area (Å²) in [6, 6.07) is 7.60.